The quantitative estimate of drug-likeness (QED) is 0.394. The molecule has 1 aliphatic heterocycles. The molecule has 0 aliphatic carbocycles. The minimum Gasteiger partial charge on any atom is -0.487 e. The van der Waals surface area contributed by atoms with E-state index >= 15 is 0 Å². The zero-order chi connectivity index (χ0) is 24.8. The minimum absolute atomic E-state index is 0.0631. The zero-order valence-corrected chi connectivity index (χ0v) is 20.6. The van der Waals surface area contributed by atoms with Crippen LogP contribution >= 0.6 is 11.6 Å². The molecule has 1 aliphatic rings. The van der Waals surface area contributed by atoms with Crippen LogP contribution in [-0.2, 0) is 35.4 Å². The maximum atomic E-state index is 13.0. The Balaban J connectivity index is 1.38. The molecule has 1 heterocycles. The largest absolute Gasteiger partial charge is 0.487 e. The number of carboxylic acid groups (broad SMARTS) is 1. The van der Waals surface area contributed by atoms with Crippen molar-refractivity contribution in [3.63, 3.8) is 0 Å². The lowest BCUT2D eigenvalue weighted by molar-refractivity contribution is -0.138. The molecule has 0 fully saturated rings. The smallest absolute Gasteiger partial charge is 0.305 e. The highest BCUT2D eigenvalue weighted by Crippen LogP contribution is 2.37. The van der Waals surface area contributed by atoms with Crippen molar-refractivity contribution in [2.45, 2.75) is 51.2 Å². The summed E-state index contributed by atoms with van der Waals surface area (Å²) >= 11 is 5.96. The topological polar surface area (TPSA) is 66.8 Å². The summed E-state index contributed by atoms with van der Waals surface area (Å²) in [5.41, 5.74) is 4.12. The van der Waals surface area contributed by atoms with Crippen molar-refractivity contribution in [2.24, 2.45) is 0 Å². The van der Waals surface area contributed by atoms with E-state index in [9.17, 15) is 9.59 Å². The minimum atomic E-state index is -0.920. The molecule has 4 rings (SSSR count). The third-order valence-electron chi connectivity index (χ3n) is 6.33. The first-order chi connectivity index (χ1) is 16.8. The molecular formula is C29H30ClNO4. The molecule has 1 N–H and O–H groups in total. The summed E-state index contributed by atoms with van der Waals surface area (Å²) in [4.78, 5) is 25.8. The fraction of sp³-hybridized carbons (Fsp3) is 0.310. The van der Waals surface area contributed by atoms with Crippen LogP contribution in [0.25, 0.3) is 0 Å². The Labute approximate surface area is 211 Å². The second-order valence-electron chi connectivity index (χ2n) is 9.42. The van der Waals surface area contributed by atoms with Gasteiger partial charge in [-0.05, 0) is 53.8 Å². The van der Waals surface area contributed by atoms with Gasteiger partial charge in [0.05, 0.1) is 6.42 Å². The SMILES string of the molecule is C[C@@]1(Cc2ccccc2)Cc2cc(CCC(=O)N(CCC(=O)O)Cc3ccc(Cl)cc3)ccc2O1. The Morgan fingerprint density at radius 3 is 2.40 bits per heavy atom. The number of carbonyl (C=O) groups is 2. The standard InChI is InChI=1S/C29H30ClNO4/c1-29(18-22-5-3-2-4-6-22)19-24-17-21(9-13-26(24)35-29)10-14-27(32)31(16-15-28(33)34)20-23-7-11-25(30)12-8-23/h2-9,11-13,17H,10,14-16,18-20H2,1H3,(H,33,34)/t29-/m1/s1. The van der Waals surface area contributed by atoms with Crippen molar-refractivity contribution in [3.8, 4) is 5.75 Å². The predicted octanol–water partition coefficient (Wildman–Crippen LogP) is 5.71. The molecule has 0 unspecified atom stereocenters. The fourth-order valence-electron chi connectivity index (χ4n) is 4.60. The summed E-state index contributed by atoms with van der Waals surface area (Å²) in [7, 11) is 0. The number of hydrogen-bond acceptors (Lipinski definition) is 3. The van der Waals surface area contributed by atoms with E-state index in [4.69, 9.17) is 21.4 Å². The Morgan fingerprint density at radius 2 is 1.69 bits per heavy atom. The van der Waals surface area contributed by atoms with E-state index in [1.54, 1.807) is 17.0 Å². The number of hydrogen-bond donors (Lipinski definition) is 1. The van der Waals surface area contributed by atoms with Crippen molar-refractivity contribution in [1.82, 2.24) is 4.90 Å². The molecule has 6 heteroatoms. The van der Waals surface area contributed by atoms with E-state index in [-0.39, 0.29) is 24.5 Å². The molecule has 3 aromatic rings. The molecule has 0 aromatic heterocycles. The van der Waals surface area contributed by atoms with Crippen molar-refractivity contribution in [3.05, 3.63) is 100 Å². The Hall–Kier alpha value is -3.31. The number of ether oxygens (including phenoxy) is 1. The Kier molecular flexibility index (Phi) is 7.76. The summed E-state index contributed by atoms with van der Waals surface area (Å²) in [6.45, 7) is 2.67. The summed E-state index contributed by atoms with van der Waals surface area (Å²) in [5, 5.41) is 9.74. The van der Waals surface area contributed by atoms with Crippen LogP contribution in [0.3, 0.4) is 0 Å². The normalized spacial score (nSPS) is 16.4. The van der Waals surface area contributed by atoms with Gasteiger partial charge in [-0.15, -0.1) is 0 Å². The van der Waals surface area contributed by atoms with Gasteiger partial charge in [0.1, 0.15) is 11.4 Å². The highest BCUT2D eigenvalue weighted by molar-refractivity contribution is 6.30. The van der Waals surface area contributed by atoms with Gasteiger partial charge in [-0.1, -0.05) is 66.2 Å². The number of rotatable bonds is 10. The number of carboxylic acids is 1. The molecule has 1 atom stereocenters. The number of fused-ring (bicyclic) bond motifs is 1. The molecule has 182 valence electrons. The van der Waals surface area contributed by atoms with Crippen molar-refractivity contribution < 1.29 is 19.4 Å². The molecular weight excluding hydrogens is 462 g/mol. The second kappa shape index (κ2) is 11.0. The highest BCUT2D eigenvalue weighted by atomic mass is 35.5. The van der Waals surface area contributed by atoms with Crippen LogP contribution in [0.15, 0.2) is 72.8 Å². The van der Waals surface area contributed by atoms with Gasteiger partial charge in [0, 0.05) is 37.4 Å². The second-order valence-corrected chi connectivity index (χ2v) is 9.86. The number of carbonyl (C=O) groups excluding carboxylic acids is 1. The van der Waals surface area contributed by atoms with E-state index in [0.29, 0.717) is 24.4 Å². The third-order valence-corrected chi connectivity index (χ3v) is 6.58. The summed E-state index contributed by atoms with van der Waals surface area (Å²) < 4.78 is 6.31. The first-order valence-electron chi connectivity index (χ1n) is 11.9. The molecule has 35 heavy (non-hydrogen) atoms. The Morgan fingerprint density at radius 1 is 0.971 bits per heavy atom. The maximum Gasteiger partial charge on any atom is 0.305 e. The number of benzene rings is 3. The van der Waals surface area contributed by atoms with E-state index in [0.717, 1.165) is 35.3 Å². The van der Waals surface area contributed by atoms with Gasteiger partial charge >= 0.3 is 5.97 Å². The van der Waals surface area contributed by atoms with Gasteiger partial charge in [0.25, 0.3) is 0 Å². The van der Waals surface area contributed by atoms with Crippen LogP contribution in [0, 0.1) is 0 Å². The lowest BCUT2D eigenvalue weighted by Crippen LogP contribution is -2.32. The van der Waals surface area contributed by atoms with Crippen LogP contribution in [0.5, 0.6) is 5.75 Å². The van der Waals surface area contributed by atoms with Crippen molar-refractivity contribution >= 4 is 23.5 Å². The van der Waals surface area contributed by atoms with Gasteiger partial charge in [0.15, 0.2) is 0 Å². The van der Waals surface area contributed by atoms with Crippen LogP contribution in [0.1, 0.15) is 42.0 Å². The fourth-order valence-corrected chi connectivity index (χ4v) is 4.72. The summed E-state index contributed by atoms with van der Waals surface area (Å²) in [5.74, 6) is -0.0766. The maximum absolute atomic E-state index is 13.0. The van der Waals surface area contributed by atoms with Gasteiger partial charge in [-0.25, -0.2) is 0 Å². The van der Waals surface area contributed by atoms with E-state index in [1.807, 2.05) is 42.5 Å². The van der Waals surface area contributed by atoms with Crippen molar-refractivity contribution in [1.29, 1.82) is 0 Å². The zero-order valence-electron chi connectivity index (χ0n) is 19.9. The first kappa shape index (κ1) is 24.8. The highest BCUT2D eigenvalue weighted by Gasteiger charge is 2.35. The molecule has 3 aromatic carbocycles. The first-order valence-corrected chi connectivity index (χ1v) is 12.3. The molecule has 0 saturated heterocycles. The predicted molar refractivity (Wildman–Crippen MR) is 137 cm³/mol. The lowest BCUT2D eigenvalue weighted by atomic mass is 9.91. The number of halogens is 1. The van der Waals surface area contributed by atoms with Crippen LogP contribution in [-0.4, -0.2) is 34.0 Å². The van der Waals surface area contributed by atoms with E-state index in [1.165, 1.54) is 5.56 Å². The molecule has 0 spiro atoms. The van der Waals surface area contributed by atoms with Gasteiger partial charge < -0.3 is 14.7 Å². The molecule has 0 bridgehead atoms. The third kappa shape index (κ3) is 6.86. The molecule has 5 nitrogen and oxygen atoms in total. The number of amides is 1. The van der Waals surface area contributed by atoms with Gasteiger partial charge in [0.2, 0.25) is 5.91 Å². The summed E-state index contributed by atoms with van der Waals surface area (Å²) in [6.07, 6.45) is 2.47. The molecule has 1 amide bonds. The van der Waals surface area contributed by atoms with Crippen LogP contribution in [0.4, 0.5) is 0 Å². The Bertz CT molecular complexity index is 1180. The van der Waals surface area contributed by atoms with Crippen LogP contribution < -0.4 is 4.74 Å². The monoisotopic (exact) mass is 491 g/mol. The number of nitrogens with zero attached hydrogens (tertiary/aromatic N) is 1. The summed E-state index contributed by atoms with van der Waals surface area (Å²) in [6, 6.07) is 23.8. The van der Waals surface area contributed by atoms with E-state index < -0.39 is 5.97 Å². The number of aryl methyl sites for hydroxylation is 1. The van der Waals surface area contributed by atoms with Gasteiger partial charge in [-0.2, -0.15) is 0 Å². The van der Waals surface area contributed by atoms with Crippen LogP contribution in [0.2, 0.25) is 5.02 Å². The van der Waals surface area contributed by atoms with Gasteiger partial charge in [-0.3, -0.25) is 9.59 Å². The van der Waals surface area contributed by atoms with E-state index in [2.05, 4.69) is 25.1 Å². The molecule has 0 radical (unpaired) electrons. The van der Waals surface area contributed by atoms with Crippen molar-refractivity contribution in [2.75, 3.05) is 6.54 Å². The lowest BCUT2D eigenvalue weighted by Gasteiger charge is -2.24. The molecule has 0 saturated carbocycles. The average molecular weight is 492 g/mol. The number of aliphatic carboxylic acids is 1. The average Bonchev–Trinajstić information content (AvgIpc) is 3.16.